The third-order valence-corrected chi connectivity index (χ3v) is 4.44. The molecule has 1 aromatic carbocycles. The van der Waals surface area contributed by atoms with Gasteiger partial charge < -0.3 is 19.9 Å². The van der Waals surface area contributed by atoms with Gasteiger partial charge in [0.2, 0.25) is 0 Å². The molecular formula is C19H21N5O2. The molecule has 1 aliphatic heterocycles. The maximum Gasteiger partial charge on any atom is 0.253 e. The van der Waals surface area contributed by atoms with Crippen molar-refractivity contribution < 1.29 is 9.26 Å². The second-order valence-corrected chi connectivity index (χ2v) is 6.26. The second kappa shape index (κ2) is 7.53. The maximum atomic E-state index is 6.03. The lowest BCUT2D eigenvalue weighted by molar-refractivity contribution is 0.0675. The van der Waals surface area contributed by atoms with Crippen LogP contribution >= 0.6 is 0 Å². The number of ether oxygens (including phenoxy) is 1. The zero-order chi connectivity index (χ0) is 17.8. The molecule has 2 N–H and O–H groups in total. The van der Waals surface area contributed by atoms with E-state index < -0.39 is 0 Å². The molecule has 1 fully saturated rings. The van der Waals surface area contributed by atoms with E-state index in [1.54, 1.807) is 0 Å². The van der Waals surface area contributed by atoms with Gasteiger partial charge in [-0.3, -0.25) is 4.98 Å². The van der Waals surface area contributed by atoms with Crippen molar-refractivity contribution in [2.75, 3.05) is 26.3 Å². The van der Waals surface area contributed by atoms with Gasteiger partial charge >= 0.3 is 0 Å². The average molecular weight is 351 g/mol. The van der Waals surface area contributed by atoms with Gasteiger partial charge in [-0.05, 0) is 36.6 Å². The molecule has 7 heteroatoms. The van der Waals surface area contributed by atoms with Gasteiger partial charge in [0, 0.05) is 30.7 Å². The summed E-state index contributed by atoms with van der Waals surface area (Å²) in [5.74, 6) is 0.879. The topological polar surface area (TPSA) is 89.8 Å². The molecule has 0 spiro atoms. The lowest BCUT2D eigenvalue weighted by Crippen LogP contribution is -2.44. The molecule has 0 atom stereocenters. The number of morpholine rings is 1. The van der Waals surface area contributed by atoms with Gasteiger partial charge in [0.25, 0.3) is 5.88 Å². The second-order valence-electron chi connectivity index (χ2n) is 6.26. The quantitative estimate of drug-likeness (QED) is 0.573. The molecule has 1 aliphatic rings. The zero-order valence-electron chi connectivity index (χ0n) is 14.5. The summed E-state index contributed by atoms with van der Waals surface area (Å²) in [6, 6.07) is 12.2. The van der Waals surface area contributed by atoms with Crippen molar-refractivity contribution in [3.8, 4) is 0 Å². The molecule has 3 aromatic rings. The standard InChI is InChI=1S/C19H21N5O2/c20-19(24-8-10-25-11-9-24)22-18-13-16(23-26-18)5-3-14-4-6-17-15(12-14)2-1-7-21-17/h1-2,4,6-7,12-13H,3,5,8-11H2,(H2,20,22). The first kappa shape index (κ1) is 16.5. The van der Waals surface area contributed by atoms with Crippen molar-refractivity contribution in [3.05, 3.63) is 53.9 Å². The van der Waals surface area contributed by atoms with Crippen LogP contribution in [-0.2, 0) is 17.6 Å². The first-order valence-electron chi connectivity index (χ1n) is 8.74. The van der Waals surface area contributed by atoms with E-state index in [-0.39, 0.29) is 0 Å². The monoisotopic (exact) mass is 351 g/mol. The first-order valence-corrected chi connectivity index (χ1v) is 8.74. The zero-order valence-corrected chi connectivity index (χ0v) is 14.5. The number of fused-ring (bicyclic) bond motifs is 1. The van der Waals surface area contributed by atoms with Crippen LogP contribution in [0.5, 0.6) is 0 Å². The number of aromatic nitrogens is 2. The highest BCUT2D eigenvalue weighted by atomic mass is 16.5. The van der Waals surface area contributed by atoms with Crippen molar-refractivity contribution >= 4 is 22.7 Å². The molecule has 7 nitrogen and oxygen atoms in total. The lowest BCUT2D eigenvalue weighted by atomic mass is 10.1. The van der Waals surface area contributed by atoms with Crippen LogP contribution in [0, 0.1) is 0 Å². The molecule has 0 bridgehead atoms. The predicted octanol–water partition coefficient (Wildman–Crippen LogP) is 2.29. The number of nitrogens with two attached hydrogens (primary N) is 1. The summed E-state index contributed by atoms with van der Waals surface area (Å²) in [7, 11) is 0. The fourth-order valence-corrected chi connectivity index (χ4v) is 3.00. The number of benzene rings is 1. The molecule has 26 heavy (non-hydrogen) atoms. The Morgan fingerprint density at radius 1 is 1.15 bits per heavy atom. The van der Waals surface area contributed by atoms with E-state index in [0.29, 0.717) is 25.1 Å². The molecule has 0 radical (unpaired) electrons. The fourth-order valence-electron chi connectivity index (χ4n) is 3.00. The number of aryl methyl sites for hydroxylation is 2. The van der Waals surface area contributed by atoms with E-state index in [1.807, 2.05) is 29.3 Å². The normalized spacial score (nSPS) is 15.5. The minimum Gasteiger partial charge on any atom is -0.378 e. The highest BCUT2D eigenvalue weighted by molar-refractivity contribution is 5.80. The van der Waals surface area contributed by atoms with Crippen molar-refractivity contribution in [2.24, 2.45) is 10.7 Å². The summed E-state index contributed by atoms with van der Waals surface area (Å²) < 4.78 is 10.6. The summed E-state index contributed by atoms with van der Waals surface area (Å²) in [4.78, 5) is 10.7. The summed E-state index contributed by atoms with van der Waals surface area (Å²) in [5, 5.41) is 5.25. The van der Waals surface area contributed by atoms with Crippen LogP contribution in [0.3, 0.4) is 0 Å². The molecule has 1 saturated heterocycles. The molecule has 0 unspecified atom stereocenters. The predicted molar refractivity (Wildman–Crippen MR) is 99.3 cm³/mol. The van der Waals surface area contributed by atoms with Crippen LogP contribution in [0.2, 0.25) is 0 Å². The number of guanidine groups is 1. The Morgan fingerprint density at radius 3 is 2.92 bits per heavy atom. The Labute approximate surface area is 151 Å². The first-order chi connectivity index (χ1) is 12.8. The molecule has 2 aromatic heterocycles. The van der Waals surface area contributed by atoms with Crippen LogP contribution in [-0.4, -0.2) is 47.3 Å². The largest absolute Gasteiger partial charge is 0.378 e. The molecule has 4 rings (SSSR count). The Bertz CT molecular complexity index is 915. The number of pyridine rings is 1. The van der Waals surface area contributed by atoms with Crippen LogP contribution in [0.25, 0.3) is 10.9 Å². The number of hydrogen-bond acceptors (Lipinski definition) is 5. The van der Waals surface area contributed by atoms with E-state index in [0.717, 1.165) is 42.5 Å². The lowest BCUT2D eigenvalue weighted by Gasteiger charge is -2.27. The van der Waals surface area contributed by atoms with Gasteiger partial charge in [-0.15, -0.1) is 0 Å². The summed E-state index contributed by atoms with van der Waals surface area (Å²) >= 11 is 0. The Morgan fingerprint density at radius 2 is 2.04 bits per heavy atom. The van der Waals surface area contributed by atoms with Gasteiger partial charge in [-0.25, -0.2) is 0 Å². The number of aliphatic imine (C=N–C) groups is 1. The van der Waals surface area contributed by atoms with Crippen molar-refractivity contribution in [1.29, 1.82) is 0 Å². The van der Waals surface area contributed by atoms with Gasteiger partial charge in [0.15, 0.2) is 5.96 Å². The van der Waals surface area contributed by atoms with E-state index in [2.05, 4.69) is 33.3 Å². The van der Waals surface area contributed by atoms with Gasteiger partial charge in [-0.2, -0.15) is 4.99 Å². The summed E-state index contributed by atoms with van der Waals surface area (Å²) in [6.45, 7) is 2.82. The Kier molecular flexibility index (Phi) is 4.79. The van der Waals surface area contributed by atoms with Crippen LogP contribution in [0.15, 0.2) is 52.1 Å². The van der Waals surface area contributed by atoms with Crippen LogP contribution < -0.4 is 5.73 Å². The van der Waals surface area contributed by atoms with Gasteiger partial charge in [0.05, 0.1) is 24.4 Å². The van der Waals surface area contributed by atoms with Crippen LogP contribution in [0.4, 0.5) is 5.88 Å². The van der Waals surface area contributed by atoms with E-state index in [1.165, 1.54) is 5.56 Å². The minimum atomic E-state index is 0.437. The fraction of sp³-hybridized carbons (Fsp3) is 0.316. The van der Waals surface area contributed by atoms with Gasteiger partial charge in [-0.1, -0.05) is 17.3 Å². The molecule has 0 aliphatic carbocycles. The molecule has 0 amide bonds. The smallest absolute Gasteiger partial charge is 0.253 e. The molecule has 0 saturated carbocycles. The number of nitrogens with zero attached hydrogens (tertiary/aromatic N) is 4. The van der Waals surface area contributed by atoms with Crippen molar-refractivity contribution in [3.63, 3.8) is 0 Å². The van der Waals surface area contributed by atoms with E-state index in [9.17, 15) is 0 Å². The molecule has 134 valence electrons. The average Bonchev–Trinajstić information content (AvgIpc) is 3.14. The molecular weight excluding hydrogens is 330 g/mol. The van der Waals surface area contributed by atoms with Crippen molar-refractivity contribution in [2.45, 2.75) is 12.8 Å². The SMILES string of the molecule is NC(=Nc1cc(CCc2ccc3ncccc3c2)no1)N1CCOCC1. The number of rotatable bonds is 4. The molecule has 3 heterocycles. The van der Waals surface area contributed by atoms with Crippen molar-refractivity contribution in [1.82, 2.24) is 15.0 Å². The highest BCUT2D eigenvalue weighted by Gasteiger charge is 2.13. The van der Waals surface area contributed by atoms with E-state index in [4.69, 9.17) is 15.0 Å². The van der Waals surface area contributed by atoms with Crippen LogP contribution in [0.1, 0.15) is 11.3 Å². The maximum absolute atomic E-state index is 6.03. The van der Waals surface area contributed by atoms with Gasteiger partial charge in [0.1, 0.15) is 0 Å². The van der Waals surface area contributed by atoms with E-state index >= 15 is 0 Å². The number of hydrogen-bond donors (Lipinski definition) is 1. The highest BCUT2D eigenvalue weighted by Crippen LogP contribution is 2.18. The minimum absolute atomic E-state index is 0.437. The summed E-state index contributed by atoms with van der Waals surface area (Å²) in [5.41, 5.74) is 9.15. The summed E-state index contributed by atoms with van der Waals surface area (Å²) in [6.07, 6.45) is 3.46. The third kappa shape index (κ3) is 3.83. The third-order valence-electron chi connectivity index (χ3n) is 4.44. The Hall–Kier alpha value is -2.93. The Balaban J connectivity index is 1.39.